The van der Waals surface area contributed by atoms with Gasteiger partial charge in [-0.2, -0.15) is 0 Å². The lowest BCUT2D eigenvalue weighted by molar-refractivity contribution is 0.0963. The number of carbonyl (C=O) groups excluding carboxylic acids is 1. The number of hydrogen-bond donors (Lipinski definition) is 2. The monoisotopic (exact) mass is 235 g/mol. The summed E-state index contributed by atoms with van der Waals surface area (Å²) in [6.45, 7) is 4.26. The van der Waals surface area contributed by atoms with Crippen LogP contribution in [0.3, 0.4) is 0 Å². The quantitative estimate of drug-likeness (QED) is 0.783. The Labute approximate surface area is 103 Å². The molecule has 0 aliphatic heterocycles. The van der Waals surface area contributed by atoms with Crippen LogP contribution in [0.1, 0.15) is 30.6 Å². The molecule has 1 aromatic carbocycles. The standard InChI is InChI=1S/C13H21N3O/c1-5-9(2)16(4)12-8-10(13(17)15-3)6-7-11(12)14/h6-9H,5,14H2,1-4H3,(H,15,17). The molecule has 1 atom stereocenters. The van der Waals surface area contributed by atoms with E-state index in [0.29, 0.717) is 17.3 Å². The summed E-state index contributed by atoms with van der Waals surface area (Å²) in [7, 11) is 3.62. The second-order valence-electron chi connectivity index (χ2n) is 4.22. The van der Waals surface area contributed by atoms with Crippen LogP contribution in [0.25, 0.3) is 0 Å². The highest BCUT2D eigenvalue weighted by Crippen LogP contribution is 2.25. The summed E-state index contributed by atoms with van der Waals surface area (Å²) in [5.74, 6) is -0.0937. The number of rotatable bonds is 4. The zero-order valence-corrected chi connectivity index (χ0v) is 10.9. The number of nitrogens with two attached hydrogens (primary N) is 1. The molecule has 0 saturated carbocycles. The minimum Gasteiger partial charge on any atom is -0.397 e. The third-order valence-corrected chi connectivity index (χ3v) is 3.15. The average Bonchev–Trinajstić information content (AvgIpc) is 2.36. The van der Waals surface area contributed by atoms with Crippen molar-refractivity contribution < 1.29 is 4.79 Å². The molecule has 1 rings (SSSR count). The molecule has 1 amide bonds. The first-order chi connectivity index (χ1) is 8.01. The van der Waals surface area contributed by atoms with Crippen molar-refractivity contribution in [1.82, 2.24) is 5.32 Å². The minimum absolute atomic E-state index is 0.0937. The van der Waals surface area contributed by atoms with E-state index < -0.39 is 0 Å². The highest BCUT2D eigenvalue weighted by Gasteiger charge is 2.13. The van der Waals surface area contributed by atoms with Gasteiger partial charge in [-0.15, -0.1) is 0 Å². The average molecular weight is 235 g/mol. The Hall–Kier alpha value is -1.71. The van der Waals surface area contributed by atoms with Crippen molar-refractivity contribution in [2.75, 3.05) is 24.7 Å². The molecule has 0 aliphatic carbocycles. The fourth-order valence-electron chi connectivity index (χ4n) is 1.65. The van der Waals surface area contributed by atoms with E-state index in [1.165, 1.54) is 0 Å². The Morgan fingerprint density at radius 1 is 1.53 bits per heavy atom. The third-order valence-electron chi connectivity index (χ3n) is 3.15. The van der Waals surface area contributed by atoms with Gasteiger partial charge in [0.25, 0.3) is 5.91 Å². The van der Waals surface area contributed by atoms with Gasteiger partial charge in [-0.25, -0.2) is 0 Å². The van der Waals surface area contributed by atoms with Gasteiger partial charge in [0, 0.05) is 25.7 Å². The summed E-state index contributed by atoms with van der Waals surface area (Å²) in [5.41, 5.74) is 8.18. The lowest BCUT2D eigenvalue weighted by atomic mass is 10.1. The Morgan fingerprint density at radius 2 is 2.18 bits per heavy atom. The lowest BCUT2D eigenvalue weighted by Gasteiger charge is -2.27. The van der Waals surface area contributed by atoms with Crippen LogP contribution in [-0.4, -0.2) is 26.0 Å². The molecule has 94 valence electrons. The Bertz CT molecular complexity index is 404. The summed E-state index contributed by atoms with van der Waals surface area (Å²) in [5, 5.41) is 2.61. The predicted octanol–water partition coefficient (Wildman–Crippen LogP) is 1.86. The van der Waals surface area contributed by atoms with Crippen LogP contribution < -0.4 is 16.0 Å². The molecular weight excluding hydrogens is 214 g/mol. The van der Waals surface area contributed by atoms with Crippen molar-refractivity contribution in [2.24, 2.45) is 0 Å². The van der Waals surface area contributed by atoms with E-state index in [9.17, 15) is 4.79 Å². The molecule has 0 bridgehead atoms. The second kappa shape index (κ2) is 5.57. The zero-order valence-electron chi connectivity index (χ0n) is 10.9. The maximum atomic E-state index is 11.6. The number of amides is 1. The fraction of sp³-hybridized carbons (Fsp3) is 0.462. The van der Waals surface area contributed by atoms with Crippen LogP contribution in [0.4, 0.5) is 11.4 Å². The Balaban J connectivity index is 3.10. The minimum atomic E-state index is -0.0937. The summed E-state index contributed by atoms with van der Waals surface area (Å²) in [4.78, 5) is 13.7. The van der Waals surface area contributed by atoms with Crippen LogP contribution >= 0.6 is 0 Å². The van der Waals surface area contributed by atoms with E-state index >= 15 is 0 Å². The molecule has 0 aliphatic rings. The van der Waals surface area contributed by atoms with E-state index in [4.69, 9.17) is 5.73 Å². The number of nitrogens with zero attached hydrogens (tertiary/aromatic N) is 1. The molecular formula is C13H21N3O. The molecule has 1 unspecified atom stereocenters. The van der Waals surface area contributed by atoms with Crippen LogP contribution in [0.5, 0.6) is 0 Å². The van der Waals surface area contributed by atoms with Crippen molar-refractivity contribution in [2.45, 2.75) is 26.3 Å². The van der Waals surface area contributed by atoms with Gasteiger partial charge in [0.05, 0.1) is 11.4 Å². The molecule has 0 heterocycles. The summed E-state index contributed by atoms with van der Waals surface area (Å²) in [6.07, 6.45) is 1.03. The fourth-order valence-corrected chi connectivity index (χ4v) is 1.65. The molecule has 3 N–H and O–H groups in total. The maximum Gasteiger partial charge on any atom is 0.251 e. The van der Waals surface area contributed by atoms with E-state index in [1.54, 1.807) is 19.2 Å². The molecule has 17 heavy (non-hydrogen) atoms. The molecule has 0 spiro atoms. The highest BCUT2D eigenvalue weighted by atomic mass is 16.1. The van der Waals surface area contributed by atoms with E-state index in [0.717, 1.165) is 12.1 Å². The molecule has 0 saturated heterocycles. The molecule has 1 aromatic rings. The van der Waals surface area contributed by atoms with Gasteiger partial charge in [-0.05, 0) is 31.5 Å². The third kappa shape index (κ3) is 2.90. The normalized spacial score (nSPS) is 12.0. The maximum absolute atomic E-state index is 11.6. The molecule has 0 radical (unpaired) electrons. The van der Waals surface area contributed by atoms with Crippen LogP contribution in [0.2, 0.25) is 0 Å². The number of nitrogen functional groups attached to an aromatic ring is 1. The number of carbonyl (C=O) groups is 1. The van der Waals surface area contributed by atoms with Gasteiger partial charge in [-0.1, -0.05) is 6.92 Å². The van der Waals surface area contributed by atoms with Crippen molar-refractivity contribution in [3.8, 4) is 0 Å². The van der Waals surface area contributed by atoms with Crippen LogP contribution in [0.15, 0.2) is 18.2 Å². The zero-order chi connectivity index (χ0) is 13.0. The van der Waals surface area contributed by atoms with Crippen molar-refractivity contribution in [3.63, 3.8) is 0 Å². The molecule has 0 aromatic heterocycles. The Kier molecular flexibility index (Phi) is 4.37. The van der Waals surface area contributed by atoms with Gasteiger partial charge >= 0.3 is 0 Å². The first-order valence-electron chi connectivity index (χ1n) is 5.85. The smallest absolute Gasteiger partial charge is 0.251 e. The van der Waals surface area contributed by atoms with Crippen molar-refractivity contribution >= 4 is 17.3 Å². The van der Waals surface area contributed by atoms with Crippen molar-refractivity contribution in [1.29, 1.82) is 0 Å². The summed E-state index contributed by atoms with van der Waals surface area (Å²) >= 11 is 0. The first kappa shape index (κ1) is 13.4. The Morgan fingerprint density at radius 3 is 2.71 bits per heavy atom. The summed E-state index contributed by atoms with van der Waals surface area (Å²) < 4.78 is 0. The second-order valence-corrected chi connectivity index (χ2v) is 4.22. The largest absolute Gasteiger partial charge is 0.397 e. The van der Waals surface area contributed by atoms with Gasteiger partial charge < -0.3 is 16.0 Å². The van der Waals surface area contributed by atoms with E-state index in [-0.39, 0.29) is 5.91 Å². The van der Waals surface area contributed by atoms with E-state index in [2.05, 4.69) is 24.1 Å². The SMILES string of the molecule is CCC(C)N(C)c1cc(C(=O)NC)ccc1N. The number of benzene rings is 1. The van der Waals surface area contributed by atoms with E-state index in [1.807, 2.05) is 13.1 Å². The predicted molar refractivity (Wildman–Crippen MR) is 72.4 cm³/mol. The lowest BCUT2D eigenvalue weighted by Crippen LogP contribution is -2.29. The molecule has 4 heteroatoms. The van der Waals surface area contributed by atoms with Crippen LogP contribution in [-0.2, 0) is 0 Å². The molecule has 0 fully saturated rings. The number of hydrogen-bond acceptors (Lipinski definition) is 3. The number of anilines is 2. The van der Waals surface area contributed by atoms with Crippen LogP contribution in [0, 0.1) is 0 Å². The van der Waals surface area contributed by atoms with Gasteiger partial charge in [0.15, 0.2) is 0 Å². The van der Waals surface area contributed by atoms with Gasteiger partial charge in [0.2, 0.25) is 0 Å². The topological polar surface area (TPSA) is 58.4 Å². The van der Waals surface area contributed by atoms with Gasteiger partial charge in [-0.3, -0.25) is 4.79 Å². The first-order valence-corrected chi connectivity index (χ1v) is 5.85. The van der Waals surface area contributed by atoms with Gasteiger partial charge in [0.1, 0.15) is 0 Å². The number of nitrogens with one attached hydrogen (secondary N) is 1. The molecule has 4 nitrogen and oxygen atoms in total. The summed E-state index contributed by atoms with van der Waals surface area (Å²) in [6, 6.07) is 5.73. The highest BCUT2D eigenvalue weighted by molar-refractivity contribution is 5.96. The van der Waals surface area contributed by atoms with Crippen molar-refractivity contribution in [3.05, 3.63) is 23.8 Å².